The highest BCUT2D eigenvalue weighted by Crippen LogP contribution is 2.21. The van der Waals surface area contributed by atoms with Crippen molar-refractivity contribution in [1.82, 2.24) is 14.8 Å². The average molecular weight is 281 g/mol. The number of hydrogen-bond acceptors (Lipinski definition) is 4. The van der Waals surface area contributed by atoms with E-state index in [1.54, 1.807) is 17.1 Å². The van der Waals surface area contributed by atoms with Gasteiger partial charge in [0.1, 0.15) is 16.5 Å². The smallest absolute Gasteiger partial charge is 0.339 e. The summed E-state index contributed by atoms with van der Waals surface area (Å²) in [6, 6.07) is 3.07. The number of nitrogens with one attached hydrogen (secondary N) is 1. The molecule has 19 heavy (non-hydrogen) atoms. The fourth-order valence-corrected chi connectivity index (χ4v) is 1.67. The molecule has 0 aliphatic carbocycles. The molecule has 0 aliphatic heterocycles. The van der Waals surface area contributed by atoms with Gasteiger partial charge in [-0.15, -0.1) is 0 Å². The van der Waals surface area contributed by atoms with E-state index in [-0.39, 0.29) is 22.6 Å². The van der Waals surface area contributed by atoms with Crippen LogP contribution in [0.2, 0.25) is 5.15 Å². The quantitative estimate of drug-likeness (QED) is 0.842. The summed E-state index contributed by atoms with van der Waals surface area (Å²) in [6.07, 6.45) is 3.38. The van der Waals surface area contributed by atoms with Crippen LogP contribution < -0.4 is 5.32 Å². The molecule has 0 amide bonds. The van der Waals surface area contributed by atoms with Crippen molar-refractivity contribution in [2.45, 2.75) is 19.9 Å². The lowest BCUT2D eigenvalue weighted by atomic mass is 10.2. The molecule has 0 fully saturated rings. The second kappa shape index (κ2) is 5.27. The van der Waals surface area contributed by atoms with Gasteiger partial charge in [0.25, 0.3) is 0 Å². The number of carboxylic acids is 1. The Bertz CT molecular complexity index is 610. The van der Waals surface area contributed by atoms with Crippen molar-refractivity contribution in [2.24, 2.45) is 0 Å². The predicted octanol–water partition coefficient (Wildman–Crippen LogP) is 2.95. The molecule has 2 N–H and O–H groups in total. The van der Waals surface area contributed by atoms with Gasteiger partial charge in [-0.2, -0.15) is 5.10 Å². The lowest BCUT2D eigenvalue weighted by Gasteiger charge is -2.07. The summed E-state index contributed by atoms with van der Waals surface area (Å²) in [5.74, 6) is -0.869. The summed E-state index contributed by atoms with van der Waals surface area (Å²) >= 11 is 5.78. The highest BCUT2D eigenvalue weighted by Gasteiger charge is 2.13. The Hall–Kier alpha value is -2.08. The SMILES string of the molecule is CC(C)n1cc(Nc2nc(Cl)ccc2C(=O)O)cn1. The molecule has 0 saturated heterocycles. The Kier molecular flexibility index (Phi) is 3.71. The Balaban J connectivity index is 2.31. The fraction of sp³-hybridized carbons (Fsp3) is 0.250. The van der Waals surface area contributed by atoms with E-state index >= 15 is 0 Å². The third-order valence-corrected chi connectivity index (χ3v) is 2.70. The van der Waals surface area contributed by atoms with Crippen LogP contribution in [0.5, 0.6) is 0 Å². The number of rotatable bonds is 4. The Labute approximate surface area is 115 Å². The molecular formula is C12H13ClN4O2. The molecule has 2 aromatic heterocycles. The van der Waals surface area contributed by atoms with Gasteiger partial charge in [-0.25, -0.2) is 9.78 Å². The van der Waals surface area contributed by atoms with E-state index in [1.165, 1.54) is 12.1 Å². The molecule has 2 aromatic rings. The maximum Gasteiger partial charge on any atom is 0.339 e. The van der Waals surface area contributed by atoms with Crippen molar-refractivity contribution < 1.29 is 9.90 Å². The largest absolute Gasteiger partial charge is 0.478 e. The van der Waals surface area contributed by atoms with Crippen molar-refractivity contribution in [3.8, 4) is 0 Å². The van der Waals surface area contributed by atoms with Crippen LogP contribution in [0.3, 0.4) is 0 Å². The monoisotopic (exact) mass is 280 g/mol. The summed E-state index contributed by atoms with van der Waals surface area (Å²) in [4.78, 5) is 15.1. The minimum Gasteiger partial charge on any atom is -0.478 e. The molecule has 0 bridgehead atoms. The van der Waals surface area contributed by atoms with Crippen LogP contribution in [0.4, 0.5) is 11.5 Å². The van der Waals surface area contributed by atoms with Gasteiger partial charge < -0.3 is 10.4 Å². The first-order valence-corrected chi connectivity index (χ1v) is 6.06. The number of carboxylic acid groups (broad SMARTS) is 1. The molecule has 0 radical (unpaired) electrons. The van der Waals surface area contributed by atoms with E-state index in [4.69, 9.17) is 16.7 Å². The second-order valence-electron chi connectivity index (χ2n) is 4.26. The summed E-state index contributed by atoms with van der Waals surface area (Å²) in [5, 5.41) is 16.4. The molecule has 0 atom stereocenters. The molecule has 100 valence electrons. The standard InChI is InChI=1S/C12H13ClN4O2/c1-7(2)17-6-8(5-14-17)15-11-9(12(18)19)3-4-10(13)16-11/h3-7H,1-2H3,(H,15,16)(H,18,19). The molecule has 0 unspecified atom stereocenters. The molecule has 0 aromatic carbocycles. The van der Waals surface area contributed by atoms with E-state index in [0.29, 0.717) is 5.69 Å². The van der Waals surface area contributed by atoms with Crippen LogP contribution in [0.25, 0.3) is 0 Å². The van der Waals surface area contributed by atoms with Gasteiger partial charge in [0.15, 0.2) is 0 Å². The van der Waals surface area contributed by atoms with E-state index in [0.717, 1.165) is 0 Å². The third kappa shape index (κ3) is 3.03. The molecule has 7 heteroatoms. The normalized spacial score (nSPS) is 10.7. The Morgan fingerprint density at radius 1 is 1.47 bits per heavy atom. The number of halogens is 1. The van der Waals surface area contributed by atoms with E-state index in [9.17, 15) is 4.79 Å². The van der Waals surface area contributed by atoms with Crippen LogP contribution in [0.15, 0.2) is 24.5 Å². The zero-order valence-corrected chi connectivity index (χ0v) is 11.2. The summed E-state index contributed by atoms with van der Waals surface area (Å²) in [5.41, 5.74) is 0.715. The minimum absolute atomic E-state index is 0.0571. The van der Waals surface area contributed by atoms with Crippen LogP contribution in [0.1, 0.15) is 30.2 Å². The van der Waals surface area contributed by atoms with Crippen LogP contribution in [0, 0.1) is 0 Å². The maximum atomic E-state index is 11.1. The fourth-order valence-electron chi connectivity index (χ4n) is 1.52. The summed E-state index contributed by atoms with van der Waals surface area (Å²) in [6.45, 7) is 3.99. The molecule has 0 saturated carbocycles. The van der Waals surface area contributed by atoms with Crippen molar-refractivity contribution in [2.75, 3.05) is 5.32 Å². The van der Waals surface area contributed by atoms with Crippen molar-refractivity contribution in [3.63, 3.8) is 0 Å². The van der Waals surface area contributed by atoms with Crippen molar-refractivity contribution >= 4 is 29.1 Å². The van der Waals surface area contributed by atoms with Crippen molar-refractivity contribution in [3.05, 3.63) is 35.2 Å². The highest BCUT2D eigenvalue weighted by molar-refractivity contribution is 6.29. The van der Waals surface area contributed by atoms with Gasteiger partial charge in [0.2, 0.25) is 0 Å². The number of nitrogens with zero attached hydrogens (tertiary/aromatic N) is 3. The van der Waals surface area contributed by atoms with Crippen LogP contribution in [-0.4, -0.2) is 25.8 Å². The molecule has 6 nitrogen and oxygen atoms in total. The number of carbonyl (C=O) groups is 1. The Morgan fingerprint density at radius 3 is 2.79 bits per heavy atom. The minimum atomic E-state index is -1.07. The number of aromatic nitrogens is 3. The Morgan fingerprint density at radius 2 is 2.21 bits per heavy atom. The number of hydrogen-bond donors (Lipinski definition) is 2. The van der Waals surface area contributed by atoms with Gasteiger partial charge in [0.05, 0.1) is 11.9 Å². The number of anilines is 2. The first kappa shape index (κ1) is 13.4. The molecule has 0 spiro atoms. The number of pyridine rings is 1. The third-order valence-electron chi connectivity index (χ3n) is 2.49. The average Bonchev–Trinajstić information content (AvgIpc) is 2.77. The van der Waals surface area contributed by atoms with Gasteiger partial charge in [-0.05, 0) is 26.0 Å². The van der Waals surface area contributed by atoms with Crippen molar-refractivity contribution in [1.29, 1.82) is 0 Å². The first-order chi connectivity index (χ1) is 8.97. The van der Waals surface area contributed by atoms with E-state index in [1.807, 2.05) is 13.8 Å². The van der Waals surface area contributed by atoms with E-state index in [2.05, 4.69) is 15.4 Å². The first-order valence-electron chi connectivity index (χ1n) is 5.68. The zero-order valence-electron chi connectivity index (χ0n) is 10.5. The molecule has 2 rings (SSSR count). The molecular weight excluding hydrogens is 268 g/mol. The van der Waals surface area contributed by atoms with Crippen LogP contribution >= 0.6 is 11.6 Å². The lowest BCUT2D eigenvalue weighted by molar-refractivity contribution is 0.0697. The lowest BCUT2D eigenvalue weighted by Crippen LogP contribution is -2.04. The second-order valence-corrected chi connectivity index (χ2v) is 4.65. The zero-order chi connectivity index (χ0) is 14.0. The van der Waals surface area contributed by atoms with Gasteiger partial charge in [-0.1, -0.05) is 11.6 Å². The van der Waals surface area contributed by atoms with Crippen LogP contribution in [-0.2, 0) is 0 Å². The van der Waals surface area contributed by atoms with Gasteiger partial charge in [-0.3, -0.25) is 4.68 Å². The molecule has 2 heterocycles. The predicted molar refractivity (Wildman–Crippen MR) is 72.1 cm³/mol. The van der Waals surface area contributed by atoms with E-state index < -0.39 is 5.97 Å². The van der Waals surface area contributed by atoms with Gasteiger partial charge in [0, 0.05) is 12.2 Å². The number of aromatic carboxylic acids is 1. The van der Waals surface area contributed by atoms with Gasteiger partial charge >= 0.3 is 5.97 Å². The topological polar surface area (TPSA) is 80.0 Å². The maximum absolute atomic E-state index is 11.1. The molecule has 0 aliphatic rings. The summed E-state index contributed by atoms with van der Waals surface area (Å²) < 4.78 is 1.76. The summed E-state index contributed by atoms with van der Waals surface area (Å²) in [7, 11) is 0. The highest BCUT2D eigenvalue weighted by atomic mass is 35.5.